The van der Waals surface area contributed by atoms with Gasteiger partial charge in [-0.3, -0.25) is 4.79 Å². The van der Waals surface area contributed by atoms with E-state index >= 15 is 0 Å². The quantitative estimate of drug-likeness (QED) is 0.366. The van der Waals surface area contributed by atoms with Gasteiger partial charge in [0.2, 0.25) is 5.82 Å². The van der Waals surface area contributed by atoms with Crippen molar-refractivity contribution in [3.05, 3.63) is 59.9 Å². The monoisotopic (exact) mass is 541 g/mol. The summed E-state index contributed by atoms with van der Waals surface area (Å²) in [5.41, 5.74) is 0.0912. The number of ether oxygens (including phenoxy) is 3. The number of hydrogen-bond donors (Lipinski definition) is 1. The normalized spacial score (nSPS) is 12.5. The lowest BCUT2D eigenvalue weighted by atomic mass is 10.1. The molecular formula is C28H36FN5O5. The molecular weight excluding hydrogens is 505 g/mol. The van der Waals surface area contributed by atoms with Crippen molar-refractivity contribution >= 4 is 12.1 Å². The standard InChI is InChI=1S/C28H36FN5O5/c1-27(2,3)38-24(35)17-21(30-26(36)39-28(4,5)6)18-34-32-25(31-33-34)20-12-13-23(22(29)16-20)37-15-14-19-10-8-7-9-11-19/h7-13,16,21H,14-15,17-18H2,1-6H3,(H,30,36)/t21-/m0/s1. The highest BCUT2D eigenvalue weighted by molar-refractivity contribution is 5.73. The molecule has 210 valence electrons. The molecule has 1 aromatic heterocycles. The molecule has 0 bridgehead atoms. The lowest BCUT2D eigenvalue weighted by Gasteiger charge is -2.24. The van der Waals surface area contributed by atoms with Crippen molar-refractivity contribution in [1.82, 2.24) is 25.5 Å². The number of halogens is 1. The molecule has 0 spiro atoms. The van der Waals surface area contributed by atoms with E-state index in [1.807, 2.05) is 30.3 Å². The number of amides is 1. The second-order valence-electron chi connectivity index (χ2n) is 11.0. The van der Waals surface area contributed by atoms with E-state index < -0.39 is 35.1 Å². The van der Waals surface area contributed by atoms with Gasteiger partial charge in [0.15, 0.2) is 11.6 Å². The molecule has 0 fully saturated rings. The van der Waals surface area contributed by atoms with Crippen molar-refractivity contribution in [1.29, 1.82) is 0 Å². The lowest BCUT2D eigenvalue weighted by Crippen LogP contribution is -2.43. The summed E-state index contributed by atoms with van der Waals surface area (Å²) in [6, 6.07) is 13.5. The molecule has 0 aliphatic carbocycles. The maximum absolute atomic E-state index is 14.7. The van der Waals surface area contributed by atoms with Gasteiger partial charge in [0.25, 0.3) is 0 Å². The minimum atomic E-state index is -0.742. The number of carbonyl (C=O) groups excluding carboxylic acids is 2. The number of rotatable bonds is 10. The van der Waals surface area contributed by atoms with Crippen LogP contribution >= 0.6 is 0 Å². The molecule has 0 aliphatic heterocycles. The maximum Gasteiger partial charge on any atom is 0.407 e. The number of hydrogen-bond acceptors (Lipinski definition) is 8. The van der Waals surface area contributed by atoms with E-state index in [1.165, 1.54) is 16.9 Å². The Bertz CT molecular complexity index is 1220. The van der Waals surface area contributed by atoms with Gasteiger partial charge in [0.05, 0.1) is 25.6 Å². The lowest BCUT2D eigenvalue weighted by molar-refractivity contribution is -0.155. The first-order chi connectivity index (χ1) is 18.3. The number of tetrazole rings is 1. The Morgan fingerprint density at radius 2 is 1.69 bits per heavy atom. The molecule has 1 amide bonds. The SMILES string of the molecule is CC(C)(C)OC(=O)C[C@@H](Cn1nnc(-c2ccc(OCCc3ccccc3)c(F)c2)n1)NC(=O)OC(C)(C)C. The Labute approximate surface area is 227 Å². The fraction of sp³-hybridized carbons (Fsp3) is 0.464. The van der Waals surface area contributed by atoms with Crippen molar-refractivity contribution in [2.45, 2.75) is 78.2 Å². The van der Waals surface area contributed by atoms with E-state index in [-0.39, 0.29) is 24.5 Å². The first-order valence-electron chi connectivity index (χ1n) is 12.7. The van der Waals surface area contributed by atoms with Crippen LogP contribution in [0.2, 0.25) is 0 Å². The summed E-state index contributed by atoms with van der Waals surface area (Å²) in [6.07, 6.45) is -0.183. The molecule has 3 aromatic rings. The van der Waals surface area contributed by atoms with Crippen LogP contribution < -0.4 is 10.1 Å². The second kappa shape index (κ2) is 12.7. The Balaban J connectivity index is 1.66. The van der Waals surface area contributed by atoms with Crippen LogP contribution in [0.15, 0.2) is 48.5 Å². The van der Waals surface area contributed by atoms with E-state index in [2.05, 4.69) is 20.7 Å². The van der Waals surface area contributed by atoms with Gasteiger partial charge in [-0.05, 0) is 70.5 Å². The van der Waals surface area contributed by atoms with Crippen molar-refractivity contribution in [2.75, 3.05) is 6.61 Å². The zero-order valence-corrected chi connectivity index (χ0v) is 23.2. The Kier molecular flexibility index (Phi) is 9.61. The summed E-state index contributed by atoms with van der Waals surface area (Å²) in [5.74, 6) is -0.751. The van der Waals surface area contributed by atoms with Crippen molar-refractivity contribution in [2.24, 2.45) is 0 Å². The predicted octanol–water partition coefficient (Wildman–Crippen LogP) is 4.73. The molecule has 1 N–H and O–H groups in total. The number of aromatic nitrogens is 4. The summed E-state index contributed by atoms with van der Waals surface area (Å²) in [7, 11) is 0. The molecule has 11 heteroatoms. The summed E-state index contributed by atoms with van der Waals surface area (Å²) >= 11 is 0. The average molecular weight is 542 g/mol. The fourth-order valence-electron chi connectivity index (χ4n) is 3.53. The van der Waals surface area contributed by atoms with Crippen LogP contribution in [0.1, 0.15) is 53.5 Å². The molecule has 0 saturated carbocycles. The summed E-state index contributed by atoms with van der Waals surface area (Å²) in [6.45, 7) is 10.8. The largest absolute Gasteiger partial charge is 0.490 e. The molecule has 0 aliphatic rings. The van der Waals surface area contributed by atoms with Gasteiger partial charge in [0, 0.05) is 12.0 Å². The molecule has 0 unspecified atom stereocenters. The highest BCUT2D eigenvalue weighted by Gasteiger charge is 2.25. The number of nitrogens with one attached hydrogen (secondary N) is 1. The van der Waals surface area contributed by atoms with E-state index in [0.29, 0.717) is 18.6 Å². The van der Waals surface area contributed by atoms with Crippen molar-refractivity contribution in [3.63, 3.8) is 0 Å². The van der Waals surface area contributed by atoms with Crippen LogP contribution in [0, 0.1) is 5.82 Å². The first kappa shape index (κ1) is 29.5. The predicted molar refractivity (Wildman–Crippen MR) is 142 cm³/mol. The molecule has 39 heavy (non-hydrogen) atoms. The van der Waals surface area contributed by atoms with Crippen LogP contribution in [0.4, 0.5) is 9.18 Å². The molecule has 0 saturated heterocycles. The molecule has 3 rings (SSSR count). The number of carbonyl (C=O) groups is 2. The van der Waals surface area contributed by atoms with Gasteiger partial charge in [-0.25, -0.2) is 9.18 Å². The summed E-state index contributed by atoms with van der Waals surface area (Å²) in [5, 5.41) is 15.0. The third-order valence-corrected chi connectivity index (χ3v) is 5.07. The van der Waals surface area contributed by atoms with E-state index in [9.17, 15) is 14.0 Å². The smallest absolute Gasteiger partial charge is 0.407 e. The average Bonchev–Trinajstić information content (AvgIpc) is 3.26. The molecule has 1 heterocycles. The van der Waals surface area contributed by atoms with Gasteiger partial charge in [-0.15, -0.1) is 10.2 Å². The highest BCUT2D eigenvalue weighted by Crippen LogP contribution is 2.23. The highest BCUT2D eigenvalue weighted by atomic mass is 19.1. The minimum absolute atomic E-state index is 0.00858. The van der Waals surface area contributed by atoms with Gasteiger partial charge in [-0.1, -0.05) is 30.3 Å². The third kappa shape index (κ3) is 10.3. The van der Waals surface area contributed by atoms with Crippen molar-refractivity contribution < 1.29 is 28.2 Å². The summed E-state index contributed by atoms with van der Waals surface area (Å²) in [4.78, 5) is 26.0. The van der Waals surface area contributed by atoms with Crippen LogP contribution in [0.3, 0.4) is 0 Å². The topological polar surface area (TPSA) is 117 Å². The minimum Gasteiger partial charge on any atom is -0.490 e. The number of nitrogens with zero attached hydrogens (tertiary/aromatic N) is 4. The molecule has 1 atom stereocenters. The Morgan fingerprint density at radius 1 is 1.00 bits per heavy atom. The zero-order chi connectivity index (χ0) is 28.6. The van der Waals surface area contributed by atoms with E-state index in [0.717, 1.165) is 5.56 Å². The van der Waals surface area contributed by atoms with Crippen LogP contribution in [0.5, 0.6) is 5.75 Å². The van der Waals surface area contributed by atoms with E-state index in [4.69, 9.17) is 14.2 Å². The zero-order valence-electron chi connectivity index (χ0n) is 23.2. The number of benzene rings is 2. The third-order valence-electron chi connectivity index (χ3n) is 5.07. The van der Waals surface area contributed by atoms with Gasteiger partial charge < -0.3 is 19.5 Å². The molecule has 2 aromatic carbocycles. The van der Waals surface area contributed by atoms with E-state index in [1.54, 1.807) is 47.6 Å². The van der Waals surface area contributed by atoms with Crippen LogP contribution in [0.25, 0.3) is 11.4 Å². The van der Waals surface area contributed by atoms with Gasteiger partial charge in [0.1, 0.15) is 11.2 Å². The number of alkyl carbamates (subject to hydrolysis) is 1. The van der Waals surface area contributed by atoms with Gasteiger partial charge in [-0.2, -0.15) is 4.80 Å². The fourth-order valence-corrected chi connectivity index (χ4v) is 3.53. The second-order valence-corrected chi connectivity index (χ2v) is 11.0. The first-order valence-corrected chi connectivity index (χ1v) is 12.7. The molecule has 10 nitrogen and oxygen atoms in total. The maximum atomic E-state index is 14.7. The van der Waals surface area contributed by atoms with Gasteiger partial charge >= 0.3 is 12.1 Å². The Hall–Kier alpha value is -4.02. The summed E-state index contributed by atoms with van der Waals surface area (Å²) < 4.78 is 31.0. The molecule has 0 radical (unpaired) electrons. The Morgan fingerprint density at radius 3 is 2.33 bits per heavy atom. The number of esters is 1. The van der Waals surface area contributed by atoms with Crippen LogP contribution in [-0.2, 0) is 27.2 Å². The van der Waals surface area contributed by atoms with Crippen molar-refractivity contribution in [3.8, 4) is 17.1 Å². The van der Waals surface area contributed by atoms with Crippen LogP contribution in [-0.4, -0.2) is 56.1 Å².